The first-order valence-electron chi connectivity index (χ1n) is 6.20. The minimum absolute atomic E-state index is 0.0391. The van der Waals surface area contributed by atoms with E-state index in [9.17, 15) is 9.59 Å². The molecule has 2 rings (SSSR count). The summed E-state index contributed by atoms with van der Waals surface area (Å²) in [5.41, 5.74) is 0. The molecular weight excluding hydrogens is 250 g/mol. The Morgan fingerprint density at radius 1 is 1.44 bits per heavy atom. The molecule has 18 heavy (non-hydrogen) atoms. The second-order valence-corrected chi connectivity index (χ2v) is 5.29. The van der Waals surface area contributed by atoms with Gasteiger partial charge in [0.2, 0.25) is 5.91 Å². The SMILES string of the molecule is O=C(CCC(=O)c1cccs1)NC[C@@H]1CCCO1. The van der Waals surface area contributed by atoms with Crippen molar-refractivity contribution in [3.8, 4) is 0 Å². The monoisotopic (exact) mass is 267 g/mol. The highest BCUT2D eigenvalue weighted by molar-refractivity contribution is 7.12. The number of hydrogen-bond donors (Lipinski definition) is 1. The van der Waals surface area contributed by atoms with Crippen LogP contribution in [0.2, 0.25) is 0 Å². The van der Waals surface area contributed by atoms with Gasteiger partial charge in [-0.05, 0) is 24.3 Å². The van der Waals surface area contributed by atoms with Gasteiger partial charge in [0.05, 0.1) is 11.0 Å². The van der Waals surface area contributed by atoms with Crippen LogP contribution in [0.5, 0.6) is 0 Å². The molecule has 1 amide bonds. The molecule has 1 saturated heterocycles. The van der Waals surface area contributed by atoms with E-state index in [4.69, 9.17) is 4.74 Å². The fourth-order valence-corrected chi connectivity index (χ4v) is 2.60. The summed E-state index contributed by atoms with van der Waals surface area (Å²) in [6, 6.07) is 3.63. The first-order valence-corrected chi connectivity index (χ1v) is 7.08. The maximum atomic E-state index is 11.7. The lowest BCUT2D eigenvalue weighted by Gasteiger charge is -2.10. The number of hydrogen-bond acceptors (Lipinski definition) is 4. The third-order valence-corrected chi connectivity index (χ3v) is 3.84. The van der Waals surface area contributed by atoms with Crippen molar-refractivity contribution in [2.24, 2.45) is 0 Å². The minimum atomic E-state index is -0.0737. The first-order chi connectivity index (χ1) is 8.75. The molecule has 1 fully saturated rings. The third-order valence-electron chi connectivity index (χ3n) is 2.93. The smallest absolute Gasteiger partial charge is 0.220 e. The van der Waals surface area contributed by atoms with Crippen LogP contribution in [0.25, 0.3) is 0 Å². The highest BCUT2D eigenvalue weighted by atomic mass is 32.1. The number of rotatable bonds is 6. The Morgan fingerprint density at radius 3 is 3.00 bits per heavy atom. The van der Waals surface area contributed by atoms with Crippen LogP contribution in [0.4, 0.5) is 0 Å². The van der Waals surface area contributed by atoms with Gasteiger partial charge in [-0.2, -0.15) is 0 Å². The molecule has 1 N–H and O–H groups in total. The zero-order valence-electron chi connectivity index (χ0n) is 10.2. The molecule has 5 heteroatoms. The zero-order valence-corrected chi connectivity index (χ0v) is 11.0. The fraction of sp³-hybridized carbons (Fsp3) is 0.538. The number of nitrogens with one attached hydrogen (secondary N) is 1. The lowest BCUT2D eigenvalue weighted by molar-refractivity contribution is -0.121. The summed E-state index contributed by atoms with van der Waals surface area (Å²) in [6.45, 7) is 1.35. The van der Waals surface area contributed by atoms with Gasteiger partial charge in [-0.25, -0.2) is 0 Å². The molecule has 1 aromatic rings. The van der Waals surface area contributed by atoms with Crippen LogP contribution in [-0.2, 0) is 9.53 Å². The zero-order chi connectivity index (χ0) is 12.8. The van der Waals surface area contributed by atoms with Gasteiger partial charge in [-0.1, -0.05) is 6.07 Å². The number of carbonyl (C=O) groups is 2. The topological polar surface area (TPSA) is 55.4 Å². The van der Waals surface area contributed by atoms with E-state index < -0.39 is 0 Å². The van der Waals surface area contributed by atoms with Gasteiger partial charge in [0.15, 0.2) is 5.78 Å². The van der Waals surface area contributed by atoms with E-state index in [1.165, 1.54) is 11.3 Å². The molecular formula is C13H17NO3S. The summed E-state index contributed by atoms with van der Waals surface area (Å²) in [5.74, 6) is -0.0346. The Hall–Kier alpha value is -1.20. The van der Waals surface area contributed by atoms with Gasteiger partial charge in [-0.3, -0.25) is 9.59 Å². The van der Waals surface area contributed by atoms with Crippen molar-refractivity contribution in [3.05, 3.63) is 22.4 Å². The normalized spacial score (nSPS) is 18.8. The molecule has 0 unspecified atom stereocenters. The van der Waals surface area contributed by atoms with E-state index in [2.05, 4.69) is 5.32 Å². The van der Waals surface area contributed by atoms with E-state index in [1.807, 2.05) is 11.4 Å². The van der Waals surface area contributed by atoms with Crippen molar-refractivity contribution in [2.45, 2.75) is 31.8 Å². The number of Topliss-reactive ketones (excluding diaryl/α,β-unsaturated/α-hetero) is 1. The van der Waals surface area contributed by atoms with Crippen LogP contribution in [0.3, 0.4) is 0 Å². The fourth-order valence-electron chi connectivity index (χ4n) is 1.91. The Balaban J connectivity index is 1.63. The summed E-state index contributed by atoms with van der Waals surface area (Å²) in [7, 11) is 0. The van der Waals surface area contributed by atoms with Gasteiger partial charge >= 0.3 is 0 Å². The van der Waals surface area contributed by atoms with Gasteiger partial charge in [0.1, 0.15) is 0 Å². The van der Waals surface area contributed by atoms with Crippen LogP contribution in [0.15, 0.2) is 17.5 Å². The van der Waals surface area contributed by atoms with Gasteiger partial charge in [0.25, 0.3) is 0 Å². The second kappa shape index (κ2) is 6.66. The van der Waals surface area contributed by atoms with Crippen LogP contribution in [0.1, 0.15) is 35.4 Å². The Labute approximate surface area is 110 Å². The molecule has 98 valence electrons. The van der Waals surface area contributed by atoms with Crippen LogP contribution in [-0.4, -0.2) is 30.9 Å². The highest BCUT2D eigenvalue weighted by Crippen LogP contribution is 2.13. The maximum Gasteiger partial charge on any atom is 0.220 e. The minimum Gasteiger partial charge on any atom is -0.376 e. The summed E-state index contributed by atoms with van der Waals surface area (Å²) in [5, 5.41) is 4.68. The van der Waals surface area contributed by atoms with Crippen molar-refractivity contribution < 1.29 is 14.3 Å². The molecule has 0 aromatic carbocycles. The number of carbonyl (C=O) groups excluding carboxylic acids is 2. The molecule has 4 nitrogen and oxygen atoms in total. The van der Waals surface area contributed by atoms with E-state index in [0.717, 1.165) is 24.3 Å². The van der Waals surface area contributed by atoms with E-state index >= 15 is 0 Å². The number of thiophene rings is 1. The van der Waals surface area contributed by atoms with Crippen LogP contribution < -0.4 is 5.32 Å². The van der Waals surface area contributed by atoms with E-state index in [1.54, 1.807) is 6.07 Å². The van der Waals surface area contributed by atoms with Crippen molar-refractivity contribution >= 4 is 23.0 Å². The molecule has 1 aliphatic rings. The molecule has 1 aliphatic heterocycles. The molecule has 2 heterocycles. The molecule has 1 atom stereocenters. The van der Waals surface area contributed by atoms with Gasteiger partial charge < -0.3 is 10.1 Å². The second-order valence-electron chi connectivity index (χ2n) is 4.34. The van der Waals surface area contributed by atoms with Gasteiger partial charge in [0, 0.05) is 26.0 Å². The summed E-state index contributed by atoms with van der Waals surface area (Å²) < 4.78 is 5.41. The van der Waals surface area contributed by atoms with Crippen LogP contribution in [0, 0.1) is 0 Å². The summed E-state index contributed by atoms with van der Waals surface area (Å²) in [4.78, 5) is 24.0. The first kappa shape index (κ1) is 13.2. The van der Waals surface area contributed by atoms with E-state index in [0.29, 0.717) is 6.54 Å². The average Bonchev–Trinajstić information content (AvgIpc) is 3.05. The predicted octanol–water partition coefficient (Wildman–Crippen LogP) is 2.01. The molecule has 0 spiro atoms. The Morgan fingerprint density at radius 2 is 2.33 bits per heavy atom. The van der Waals surface area contributed by atoms with Crippen LogP contribution >= 0.6 is 11.3 Å². The average molecular weight is 267 g/mol. The predicted molar refractivity (Wildman–Crippen MR) is 69.9 cm³/mol. The molecule has 0 radical (unpaired) electrons. The molecule has 0 aliphatic carbocycles. The van der Waals surface area contributed by atoms with Crippen molar-refractivity contribution in [3.63, 3.8) is 0 Å². The standard InChI is InChI=1S/C13H17NO3S/c15-11(12-4-2-8-18-12)5-6-13(16)14-9-10-3-1-7-17-10/h2,4,8,10H,1,3,5-7,9H2,(H,14,16)/t10-/m0/s1. The van der Waals surface area contributed by atoms with Crippen molar-refractivity contribution in [2.75, 3.05) is 13.2 Å². The lowest BCUT2D eigenvalue weighted by Crippen LogP contribution is -2.31. The van der Waals surface area contributed by atoms with Gasteiger partial charge in [-0.15, -0.1) is 11.3 Å². The highest BCUT2D eigenvalue weighted by Gasteiger charge is 2.16. The maximum absolute atomic E-state index is 11.7. The Kier molecular flexibility index (Phi) is 4.90. The van der Waals surface area contributed by atoms with E-state index in [-0.39, 0.29) is 30.6 Å². The van der Waals surface area contributed by atoms with Crippen molar-refractivity contribution in [1.82, 2.24) is 5.32 Å². The van der Waals surface area contributed by atoms with Crippen molar-refractivity contribution in [1.29, 1.82) is 0 Å². The molecule has 0 saturated carbocycles. The number of amides is 1. The Bertz CT molecular complexity index is 396. The largest absolute Gasteiger partial charge is 0.376 e. The third kappa shape index (κ3) is 3.92. The number of ketones is 1. The molecule has 1 aromatic heterocycles. The summed E-state index contributed by atoms with van der Waals surface area (Å²) >= 11 is 1.42. The number of ether oxygens (including phenoxy) is 1. The molecule has 0 bridgehead atoms. The lowest BCUT2D eigenvalue weighted by atomic mass is 10.2. The summed E-state index contributed by atoms with van der Waals surface area (Å²) in [6.07, 6.45) is 2.76. The quantitative estimate of drug-likeness (QED) is 0.802.